The van der Waals surface area contributed by atoms with Crippen molar-refractivity contribution in [2.45, 2.75) is 38.3 Å². The summed E-state index contributed by atoms with van der Waals surface area (Å²) in [6.45, 7) is 2.58. The number of aromatic nitrogens is 3. The second-order valence-corrected chi connectivity index (χ2v) is 6.81. The number of hydrogen-bond donors (Lipinski definition) is 1. The van der Waals surface area contributed by atoms with Gasteiger partial charge in [-0.15, -0.1) is 0 Å². The van der Waals surface area contributed by atoms with Crippen LogP contribution in [-0.4, -0.2) is 51.0 Å². The zero-order valence-corrected chi connectivity index (χ0v) is 14.0. The Kier molecular flexibility index (Phi) is 4.06. The van der Waals surface area contributed by atoms with Crippen LogP contribution in [0, 0.1) is 0 Å². The molecule has 1 atom stereocenters. The summed E-state index contributed by atoms with van der Waals surface area (Å²) < 4.78 is 0. The first-order valence-corrected chi connectivity index (χ1v) is 8.69. The van der Waals surface area contributed by atoms with Gasteiger partial charge in [0.25, 0.3) is 5.91 Å². The van der Waals surface area contributed by atoms with Gasteiger partial charge in [0.15, 0.2) is 5.69 Å². The average molecular weight is 325 g/mol. The van der Waals surface area contributed by atoms with Gasteiger partial charge in [-0.05, 0) is 37.9 Å². The molecule has 1 N–H and O–H groups in total. The summed E-state index contributed by atoms with van der Waals surface area (Å²) in [5, 5.41) is 7.46. The second-order valence-electron chi connectivity index (χ2n) is 6.81. The quantitative estimate of drug-likeness (QED) is 0.919. The van der Waals surface area contributed by atoms with Gasteiger partial charge < -0.3 is 9.80 Å². The van der Waals surface area contributed by atoms with Gasteiger partial charge in [0.2, 0.25) is 0 Å². The molecule has 4 heterocycles. The predicted octanol–water partition coefficient (Wildman–Crippen LogP) is 2.16. The number of nitrogens with one attached hydrogen (secondary N) is 1. The van der Waals surface area contributed by atoms with Gasteiger partial charge in [-0.1, -0.05) is 6.07 Å². The topological polar surface area (TPSA) is 65.1 Å². The number of amides is 1. The SMILES string of the molecule is CN1CCc2[nH]nc(C(=O)N3CCCC[C@@H]3c3cccnc3)c2C1. The number of carbonyl (C=O) groups excluding carboxylic acids is 1. The molecule has 2 aliphatic heterocycles. The van der Waals surface area contributed by atoms with Gasteiger partial charge in [0, 0.05) is 49.7 Å². The van der Waals surface area contributed by atoms with Crippen molar-refractivity contribution in [1.29, 1.82) is 0 Å². The van der Waals surface area contributed by atoms with E-state index in [2.05, 4.69) is 33.2 Å². The average Bonchev–Trinajstić information content (AvgIpc) is 3.05. The van der Waals surface area contributed by atoms with Gasteiger partial charge >= 0.3 is 0 Å². The fraction of sp³-hybridized carbons (Fsp3) is 0.500. The first kappa shape index (κ1) is 15.3. The van der Waals surface area contributed by atoms with Gasteiger partial charge in [0.05, 0.1) is 6.04 Å². The van der Waals surface area contributed by atoms with Crippen molar-refractivity contribution in [1.82, 2.24) is 25.0 Å². The molecule has 2 aliphatic rings. The Morgan fingerprint density at radius 3 is 3.08 bits per heavy atom. The lowest BCUT2D eigenvalue weighted by molar-refractivity contribution is 0.0602. The van der Waals surface area contributed by atoms with Crippen LogP contribution in [0.2, 0.25) is 0 Å². The van der Waals surface area contributed by atoms with Crippen molar-refractivity contribution >= 4 is 5.91 Å². The highest BCUT2D eigenvalue weighted by molar-refractivity contribution is 5.94. The molecule has 0 spiro atoms. The lowest BCUT2D eigenvalue weighted by Crippen LogP contribution is -2.39. The fourth-order valence-corrected chi connectivity index (χ4v) is 3.84. The van der Waals surface area contributed by atoms with Gasteiger partial charge in [-0.2, -0.15) is 5.10 Å². The third-order valence-electron chi connectivity index (χ3n) is 5.16. The number of piperidine rings is 1. The van der Waals surface area contributed by atoms with Crippen LogP contribution in [0.25, 0.3) is 0 Å². The number of likely N-dealkylation sites (tertiary alicyclic amines) is 1. The smallest absolute Gasteiger partial charge is 0.275 e. The molecule has 2 aromatic heterocycles. The van der Waals surface area contributed by atoms with E-state index in [0.717, 1.165) is 62.1 Å². The summed E-state index contributed by atoms with van der Waals surface area (Å²) in [6, 6.07) is 4.11. The monoisotopic (exact) mass is 325 g/mol. The lowest BCUT2D eigenvalue weighted by atomic mass is 9.95. The Hall–Kier alpha value is -2.21. The van der Waals surface area contributed by atoms with Crippen molar-refractivity contribution in [3.05, 3.63) is 47.0 Å². The molecule has 1 amide bonds. The molecular weight excluding hydrogens is 302 g/mol. The first-order valence-electron chi connectivity index (χ1n) is 8.69. The number of aromatic amines is 1. The zero-order chi connectivity index (χ0) is 16.5. The molecule has 0 aliphatic carbocycles. The van der Waals surface area contributed by atoms with E-state index in [9.17, 15) is 4.79 Å². The number of carbonyl (C=O) groups is 1. The van der Waals surface area contributed by atoms with E-state index in [1.165, 1.54) is 0 Å². The Morgan fingerprint density at radius 2 is 2.25 bits per heavy atom. The van der Waals surface area contributed by atoms with Gasteiger partial charge in [-0.3, -0.25) is 14.9 Å². The van der Waals surface area contributed by atoms with Gasteiger partial charge in [0.1, 0.15) is 0 Å². The van der Waals surface area contributed by atoms with Crippen molar-refractivity contribution < 1.29 is 4.79 Å². The molecular formula is C18H23N5O. The van der Waals surface area contributed by atoms with E-state index >= 15 is 0 Å². The highest BCUT2D eigenvalue weighted by Gasteiger charge is 2.33. The second kappa shape index (κ2) is 6.36. The molecule has 24 heavy (non-hydrogen) atoms. The predicted molar refractivity (Wildman–Crippen MR) is 90.5 cm³/mol. The van der Waals surface area contributed by atoms with Crippen LogP contribution in [0.1, 0.15) is 52.6 Å². The maximum Gasteiger partial charge on any atom is 0.275 e. The Balaban J connectivity index is 1.64. The number of H-pyrrole nitrogens is 1. The number of pyridine rings is 1. The van der Waals surface area contributed by atoms with Crippen LogP contribution >= 0.6 is 0 Å². The third-order valence-corrected chi connectivity index (χ3v) is 5.16. The Bertz CT molecular complexity index is 726. The largest absolute Gasteiger partial charge is 0.330 e. The lowest BCUT2D eigenvalue weighted by Gasteiger charge is -2.36. The van der Waals surface area contributed by atoms with E-state index in [1.807, 2.05) is 17.2 Å². The van der Waals surface area contributed by atoms with E-state index in [4.69, 9.17) is 0 Å². The van der Waals surface area contributed by atoms with Crippen molar-refractivity contribution in [3.63, 3.8) is 0 Å². The minimum absolute atomic E-state index is 0.0522. The molecule has 4 rings (SSSR count). The summed E-state index contributed by atoms with van der Waals surface area (Å²) in [5.74, 6) is 0.0522. The van der Waals surface area contributed by atoms with Crippen LogP contribution in [0.4, 0.5) is 0 Å². The van der Waals surface area contributed by atoms with Crippen LogP contribution in [0.3, 0.4) is 0 Å². The van der Waals surface area contributed by atoms with Crippen LogP contribution in [0.5, 0.6) is 0 Å². The molecule has 1 saturated heterocycles. The molecule has 0 unspecified atom stereocenters. The molecule has 0 aromatic carbocycles. The zero-order valence-electron chi connectivity index (χ0n) is 14.0. The van der Waals surface area contributed by atoms with E-state index < -0.39 is 0 Å². The van der Waals surface area contributed by atoms with Crippen LogP contribution < -0.4 is 0 Å². The first-order chi connectivity index (χ1) is 11.7. The molecule has 0 radical (unpaired) electrons. The minimum Gasteiger partial charge on any atom is -0.330 e. The van der Waals surface area contributed by atoms with E-state index in [0.29, 0.717) is 5.69 Å². The van der Waals surface area contributed by atoms with E-state index in [-0.39, 0.29) is 11.9 Å². The normalized spacial score (nSPS) is 21.5. The molecule has 0 saturated carbocycles. The molecule has 0 bridgehead atoms. The summed E-state index contributed by atoms with van der Waals surface area (Å²) >= 11 is 0. The maximum absolute atomic E-state index is 13.2. The highest BCUT2D eigenvalue weighted by Crippen LogP contribution is 2.32. The molecule has 2 aromatic rings. The standard InChI is InChI=1S/C18H23N5O/c1-22-10-7-15-14(12-22)17(21-20-15)18(24)23-9-3-2-6-16(23)13-5-4-8-19-11-13/h4-5,8,11,16H,2-3,6-7,9-10,12H2,1H3,(H,20,21)/t16-/m1/s1. The number of fused-ring (bicyclic) bond motifs is 1. The summed E-state index contributed by atoms with van der Waals surface area (Å²) in [6.07, 6.45) is 7.77. The number of likely N-dealkylation sites (N-methyl/N-ethyl adjacent to an activating group) is 1. The summed E-state index contributed by atoms with van der Waals surface area (Å²) in [7, 11) is 2.09. The Labute approximate surface area is 141 Å². The van der Waals surface area contributed by atoms with Crippen LogP contribution in [-0.2, 0) is 13.0 Å². The third kappa shape index (κ3) is 2.71. The molecule has 6 nitrogen and oxygen atoms in total. The highest BCUT2D eigenvalue weighted by atomic mass is 16.2. The minimum atomic E-state index is 0.0522. The molecule has 6 heteroatoms. The fourth-order valence-electron chi connectivity index (χ4n) is 3.84. The molecule has 1 fully saturated rings. The summed E-state index contributed by atoms with van der Waals surface area (Å²) in [5.41, 5.74) is 3.91. The van der Waals surface area contributed by atoms with Crippen molar-refractivity contribution in [2.24, 2.45) is 0 Å². The number of nitrogens with zero attached hydrogens (tertiary/aromatic N) is 4. The maximum atomic E-state index is 13.2. The van der Waals surface area contributed by atoms with E-state index in [1.54, 1.807) is 6.20 Å². The molecule has 126 valence electrons. The number of rotatable bonds is 2. The number of hydrogen-bond acceptors (Lipinski definition) is 4. The summed E-state index contributed by atoms with van der Waals surface area (Å²) in [4.78, 5) is 21.7. The van der Waals surface area contributed by atoms with Gasteiger partial charge in [-0.25, -0.2) is 0 Å². The Morgan fingerprint density at radius 1 is 1.33 bits per heavy atom. The van der Waals surface area contributed by atoms with Crippen LogP contribution in [0.15, 0.2) is 24.5 Å². The van der Waals surface area contributed by atoms with Crippen molar-refractivity contribution in [3.8, 4) is 0 Å². The van der Waals surface area contributed by atoms with Crippen molar-refractivity contribution in [2.75, 3.05) is 20.1 Å².